The van der Waals surface area contributed by atoms with E-state index in [4.69, 9.17) is 0 Å². The van der Waals surface area contributed by atoms with Gasteiger partial charge in [-0.25, -0.2) is 0 Å². The zero-order valence-corrected chi connectivity index (χ0v) is 10.9. The summed E-state index contributed by atoms with van der Waals surface area (Å²) in [6.07, 6.45) is 2.06. The number of fused-ring (bicyclic) bond motifs is 1. The minimum atomic E-state index is -0.445. The summed E-state index contributed by atoms with van der Waals surface area (Å²) in [6, 6.07) is 9.74. The lowest BCUT2D eigenvalue weighted by molar-refractivity contribution is 0.112. The van der Waals surface area contributed by atoms with Crippen LogP contribution in [0.25, 0.3) is 5.78 Å². The SMILES string of the molecule is Cc1nc2n(Cc3ccccc3)cc(C=O)c(=O)n2n1. The summed E-state index contributed by atoms with van der Waals surface area (Å²) in [6.45, 7) is 2.23. The van der Waals surface area contributed by atoms with Crippen LogP contribution in [-0.2, 0) is 6.54 Å². The van der Waals surface area contributed by atoms with E-state index in [-0.39, 0.29) is 5.56 Å². The quantitative estimate of drug-likeness (QED) is 0.666. The molecule has 0 bridgehead atoms. The third-order valence-corrected chi connectivity index (χ3v) is 3.01. The summed E-state index contributed by atoms with van der Waals surface area (Å²) in [4.78, 5) is 27.2. The molecule has 0 spiro atoms. The Morgan fingerprint density at radius 3 is 2.70 bits per heavy atom. The number of nitrogens with zero attached hydrogens (tertiary/aromatic N) is 4. The van der Waals surface area contributed by atoms with E-state index in [0.29, 0.717) is 24.4 Å². The summed E-state index contributed by atoms with van der Waals surface area (Å²) in [7, 11) is 0. The van der Waals surface area contributed by atoms with E-state index in [1.54, 1.807) is 11.5 Å². The zero-order valence-electron chi connectivity index (χ0n) is 10.9. The molecule has 3 rings (SSSR count). The molecule has 0 atom stereocenters. The molecule has 0 saturated carbocycles. The third kappa shape index (κ3) is 2.01. The van der Waals surface area contributed by atoms with Crippen molar-refractivity contribution in [1.82, 2.24) is 19.2 Å². The van der Waals surface area contributed by atoms with Gasteiger partial charge in [0.05, 0.1) is 12.1 Å². The minimum Gasteiger partial charge on any atom is -0.312 e. The molecule has 20 heavy (non-hydrogen) atoms. The molecule has 1 aromatic carbocycles. The van der Waals surface area contributed by atoms with Gasteiger partial charge in [0.25, 0.3) is 5.56 Å². The van der Waals surface area contributed by atoms with Crippen molar-refractivity contribution in [2.45, 2.75) is 13.5 Å². The van der Waals surface area contributed by atoms with E-state index in [0.717, 1.165) is 5.56 Å². The molecule has 6 heteroatoms. The number of aromatic nitrogens is 4. The highest BCUT2D eigenvalue weighted by molar-refractivity contribution is 5.73. The molecular formula is C14H12N4O2. The molecule has 0 unspecified atom stereocenters. The van der Waals surface area contributed by atoms with Crippen molar-refractivity contribution in [3.63, 3.8) is 0 Å². The van der Waals surface area contributed by atoms with E-state index >= 15 is 0 Å². The number of carbonyl (C=O) groups is 1. The van der Waals surface area contributed by atoms with Crippen LogP contribution in [0.3, 0.4) is 0 Å². The smallest absolute Gasteiger partial charge is 0.286 e. The fourth-order valence-corrected chi connectivity index (χ4v) is 2.11. The van der Waals surface area contributed by atoms with Crippen LogP contribution in [0.2, 0.25) is 0 Å². The molecule has 100 valence electrons. The Balaban J connectivity index is 2.21. The van der Waals surface area contributed by atoms with E-state index in [2.05, 4.69) is 10.1 Å². The Bertz CT molecular complexity index is 833. The molecule has 0 amide bonds. The van der Waals surface area contributed by atoms with Crippen LogP contribution >= 0.6 is 0 Å². The Morgan fingerprint density at radius 2 is 2.00 bits per heavy atom. The van der Waals surface area contributed by atoms with Crippen LogP contribution in [0.1, 0.15) is 21.7 Å². The number of hydrogen-bond donors (Lipinski definition) is 0. The fraction of sp³-hybridized carbons (Fsp3) is 0.143. The second-order valence-corrected chi connectivity index (χ2v) is 4.49. The van der Waals surface area contributed by atoms with Crippen molar-refractivity contribution >= 4 is 12.1 Å². The molecule has 0 aliphatic carbocycles. The molecule has 6 nitrogen and oxygen atoms in total. The zero-order chi connectivity index (χ0) is 14.1. The Kier molecular flexibility index (Phi) is 2.90. The van der Waals surface area contributed by atoms with Crippen LogP contribution in [-0.4, -0.2) is 25.5 Å². The first-order chi connectivity index (χ1) is 9.69. The maximum Gasteiger partial charge on any atom is 0.286 e. The summed E-state index contributed by atoms with van der Waals surface area (Å²) in [5.74, 6) is 0.925. The first kappa shape index (κ1) is 12.3. The number of carbonyl (C=O) groups excluding carboxylic acids is 1. The summed E-state index contributed by atoms with van der Waals surface area (Å²) < 4.78 is 2.92. The fourth-order valence-electron chi connectivity index (χ4n) is 2.11. The van der Waals surface area contributed by atoms with Gasteiger partial charge in [0.15, 0.2) is 6.29 Å². The molecular weight excluding hydrogens is 256 g/mol. The summed E-state index contributed by atoms with van der Waals surface area (Å²) >= 11 is 0. The van der Waals surface area contributed by atoms with Gasteiger partial charge in [-0.15, -0.1) is 5.10 Å². The highest BCUT2D eigenvalue weighted by Gasteiger charge is 2.12. The Labute approximate surface area is 114 Å². The van der Waals surface area contributed by atoms with E-state index in [1.807, 2.05) is 30.3 Å². The topological polar surface area (TPSA) is 69.3 Å². The molecule has 0 aliphatic rings. The molecule has 0 N–H and O–H groups in total. The van der Waals surface area contributed by atoms with Gasteiger partial charge in [-0.2, -0.15) is 9.50 Å². The first-order valence-electron chi connectivity index (χ1n) is 6.15. The minimum absolute atomic E-state index is 0.0679. The first-order valence-corrected chi connectivity index (χ1v) is 6.15. The van der Waals surface area contributed by atoms with Crippen molar-refractivity contribution in [2.24, 2.45) is 0 Å². The average molecular weight is 268 g/mol. The average Bonchev–Trinajstić information content (AvgIpc) is 2.85. The summed E-state index contributed by atoms with van der Waals surface area (Å²) in [5, 5.41) is 4.04. The molecule has 0 radical (unpaired) electrons. The number of aryl methyl sites for hydroxylation is 1. The predicted molar refractivity (Wildman–Crippen MR) is 72.9 cm³/mol. The molecule has 0 aliphatic heterocycles. The van der Waals surface area contributed by atoms with Gasteiger partial charge >= 0.3 is 0 Å². The lowest BCUT2D eigenvalue weighted by Gasteiger charge is -2.08. The van der Waals surface area contributed by atoms with E-state index in [9.17, 15) is 9.59 Å². The van der Waals surface area contributed by atoms with Gasteiger partial charge in [0.2, 0.25) is 5.78 Å². The number of hydrogen-bond acceptors (Lipinski definition) is 4. The summed E-state index contributed by atoms with van der Waals surface area (Å²) in [5.41, 5.74) is 0.675. The van der Waals surface area contributed by atoms with Gasteiger partial charge in [-0.3, -0.25) is 9.59 Å². The van der Waals surface area contributed by atoms with Crippen molar-refractivity contribution in [3.8, 4) is 0 Å². The van der Waals surface area contributed by atoms with Crippen molar-refractivity contribution in [3.05, 3.63) is 63.8 Å². The third-order valence-electron chi connectivity index (χ3n) is 3.01. The Morgan fingerprint density at radius 1 is 1.25 bits per heavy atom. The largest absolute Gasteiger partial charge is 0.312 e. The second-order valence-electron chi connectivity index (χ2n) is 4.49. The molecule has 0 saturated heterocycles. The normalized spacial score (nSPS) is 10.8. The van der Waals surface area contributed by atoms with E-state index in [1.165, 1.54) is 10.7 Å². The van der Waals surface area contributed by atoms with Gasteiger partial charge in [-0.1, -0.05) is 30.3 Å². The predicted octanol–water partition coefficient (Wildman–Crippen LogP) is 1.06. The monoisotopic (exact) mass is 268 g/mol. The second kappa shape index (κ2) is 4.73. The van der Waals surface area contributed by atoms with Crippen LogP contribution in [0, 0.1) is 6.92 Å². The maximum absolute atomic E-state index is 12.0. The van der Waals surface area contributed by atoms with Gasteiger partial charge < -0.3 is 4.57 Å². The van der Waals surface area contributed by atoms with Gasteiger partial charge in [0, 0.05) is 6.20 Å². The standard InChI is InChI=1S/C14H12N4O2/c1-10-15-14-17(7-11-5-3-2-4-6-11)8-12(9-19)13(20)18(14)16-10/h2-6,8-9H,7H2,1H3. The van der Waals surface area contributed by atoms with Crippen LogP contribution in [0.4, 0.5) is 0 Å². The number of aldehydes is 1. The lowest BCUT2D eigenvalue weighted by Crippen LogP contribution is -2.23. The lowest BCUT2D eigenvalue weighted by atomic mass is 10.2. The molecule has 3 aromatic rings. The van der Waals surface area contributed by atoms with E-state index < -0.39 is 5.56 Å². The van der Waals surface area contributed by atoms with Gasteiger partial charge in [0.1, 0.15) is 5.82 Å². The molecule has 2 aromatic heterocycles. The Hall–Kier alpha value is -2.76. The van der Waals surface area contributed by atoms with Crippen LogP contribution < -0.4 is 5.56 Å². The van der Waals surface area contributed by atoms with Gasteiger partial charge in [-0.05, 0) is 12.5 Å². The van der Waals surface area contributed by atoms with Crippen LogP contribution in [0.15, 0.2) is 41.3 Å². The van der Waals surface area contributed by atoms with Crippen molar-refractivity contribution in [2.75, 3.05) is 0 Å². The van der Waals surface area contributed by atoms with Crippen molar-refractivity contribution in [1.29, 1.82) is 0 Å². The molecule has 0 fully saturated rings. The maximum atomic E-state index is 12.0. The van der Waals surface area contributed by atoms with Crippen LogP contribution in [0.5, 0.6) is 0 Å². The number of benzene rings is 1. The highest BCUT2D eigenvalue weighted by Crippen LogP contribution is 2.06. The highest BCUT2D eigenvalue weighted by atomic mass is 16.1. The number of rotatable bonds is 3. The van der Waals surface area contributed by atoms with Crippen molar-refractivity contribution < 1.29 is 4.79 Å². The molecule has 2 heterocycles.